The van der Waals surface area contributed by atoms with Gasteiger partial charge in [0.25, 0.3) is 0 Å². The Kier molecular flexibility index (Phi) is 2.14. The predicted molar refractivity (Wildman–Crippen MR) is 59.8 cm³/mol. The van der Waals surface area contributed by atoms with Gasteiger partial charge < -0.3 is 10.3 Å². The molecule has 0 saturated carbocycles. The highest BCUT2D eigenvalue weighted by Gasteiger charge is 2.18. The smallest absolute Gasteiger partial charge is 0.209 e. The fourth-order valence-corrected chi connectivity index (χ4v) is 1.73. The number of aromatic nitrogens is 2. The highest BCUT2D eigenvalue weighted by Crippen LogP contribution is 2.31. The molecule has 2 aromatic heterocycles. The number of nitrogens with two attached hydrogens (primary N) is 1. The minimum atomic E-state index is 0.325. The SMILES string of the molecule is Cc1nc(N)c2onc(C(C)C)c2c1C. The second kappa shape index (κ2) is 3.22. The molecule has 0 aliphatic rings. The molecule has 0 atom stereocenters. The first kappa shape index (κ1) is 9.96. The highest BCUT2D eigenvalue weighted by molar-refractivity contribution is 5.90. The van der Waals surface area contributed by atoms with Crippen LogP contribution in [0.4, 0.5) is 5.82 Å². The van der Waals surface area contributed by atoms with Gasteiger partial charge in [0.15, 0.2) is 5.82 Å². The van der Waals surface area contributed by atoms with Crippen LogP contribution >= 0.6 is 0 Å². The van der Waals surface area contributed by atoms with Crippen LogP contribution in [0.1, 0.15) is 36.7 Å². The Labute approximate surface area is 88.5 Å². The van der Waals surface area contributed by atoms with Crippen LogP contribution in [0.2, 0.25) is 0 Å². The summed E-state index contributed by atoms with van der Waals surface area (Å²) in [4.78, 5) is 4.22. The monoisotopic (exact) mass is 205 g/mol. The van der Waals surface area contributed by atoms with E-state index >= 15 is 0 Å². The van der Waals surface area contributed by atoms with Gasteiger partial charge in [0.2, 0.25) is 5.58 Å². The quantitative estimate of drug-likeness (QED) is 0.777. The van der Waals surface area contributed by atoms with E-state index in [1.807, 2.05) is 13.8 Å². The van der Waals surface area contributed by atoms with Gasteiger partial charge in [0.1, 0.15) is 0 Å². The number of nitrogen functional groups attached to an aromatic ring is 1. The van der Waals surface area contributed by atoms with E-state index in [1.165, 1.54) is 0 Å². The molecule has 0 saturated heterocycles. The van der Waals surface area contributed by atoms with Gasteiger partial charge >= 0.3 is 0 Å². The van der Waals surface area contributed by atoms with Gasteiger partial charge in [-0.15, -0.1) is 0 Å². The zero-order valence-corrected chi connectivity index (χ0v) is 9.46. The maximum atomic E-state index is 5.79. The summed E-state index contributed by atoms with van der Waals surface area (Å²) >= 11 is 0. The van der Waals surface area contributed by atoms with Crippen molar-refractivity contribution in [1.29, 1.82) is 0 Å². The average Bonchev–Trinajstić information content (AvgIpc) is 2.58. The Hall–Kier alpha value is -1.58. The van der Waals surface area contributed by atoms with E-state index in [4.69, 9.17) is 10.3 Å². The van der Waals surface area contributed by atoms with Crippen molar-refractivity contribution < 1.29 is 4.52 Å². The first-order valence-electron chi connectivity index (χ1n) is 5.04. The summed E-state index contributed by atoms with van der Waals surface area (Å²) in [6.45, 7) is 8.14. The van der Waals surface area contributed by atoms with Crippen LogP contribution in [-0.2, 0) is 0 Å². The number of anilines is 1. The molecule has 0 unspecified atom stereocenters. The third kappa shape index (κ3) is 1.37. The molecule has 0 fully saturated rings. The van der Waals surface area contributed by atoms with E-state index in [1.54, 1.807) is 0 Å². The normalized spacial score (nSPS) is 11.5. The Balaban J connectivity index is 2.89. The lowest BCUT2D eigenvalue weighted by Gasteiger charge is -2.05. The van der Waals surface area contributed by atoms with Crippen molar-refractivity contribution >= 4 is 16.8 Å². The Morgan fingerprint density at radius 1 is 1.27 bits per heavy atom. The minimum absolute atomic E-state index is 0.325. The molecule has 2 rings (SSSR count). The van der Waals surface area contributed by atoms with E-state index in [0.29, 0.717) is 17.3 Å². The molecule has 0 amide bonds. The summed E-state index contributed by atoms with van der Waals surface area (Å²) in [6.07, 6.45) is 0. The third-order valence-corrected chi connectivity index (χ3v) is 2.70. The Bertz CT molecular complexity index is 514. The minimum Gasteiger partial charge on any atom is -0.380 e. The summed E-state index contributed by atoms with van der Waals surface area (Å²) in [5, 5.41) is 5.09. The summed E-state index contributed by atoms with van der Waals surface area (Å²) in [7, 11) is 0. The molecular formula is C11H15N3O. The van der Waals surface area contributed by atoms with E-state index in [2.05, 4.69) is 24.0 Å². The Morgan fingerprint density at radius 3 is 2.53 bits per heavy atom. The second-order valence-electron chi connectivity index (χ2n) is 4.13. The molecule has 0 radical (unpaired) electrons. The molecular weight excluding hydrogens is 190 g/mol. The Morgan fingerprint density at radius 2 is 1.93 bits per heavy atom. The number of hydrogen-bond donors (Lipinski definition) is 1. The molecule has 0 aliphatic carbocycles. The maximum absolute atomic E-state index is 5.79. The molecule has 0 aliphatic heterocycles. The molecule has 2 heterocycles. The lowest BCUT2D eigenvalue weighted by atomic mass is 10.0. The molecule has 4 nitrogen and oxygen atoms in total. The topological polar surface area (TPSA) is 64.9 Å². The van der Waals surface area contributed by atoms with Crippen LogP contribution < -0.4 is 5.73 Å². The number of hydrogen-bond acceptors (Lipinski definition) is 4. The van der Waals surface area contributed by atoms with Gasteiger partial charge in [-0.3, -0.25) is 0 Å². The van der Waals surface area contributed by atoms with Crippen LogP contribution in [0.15, 0.2) is 4.52 Å². The van der Waals surface area contributed by atoms with Crippen LogP contribution in [0.5, 0.6) is 0 Å². The van der Waals surface area contributed by atoms with Crippen molar-refractivity contribution in [3.05, 3.63) is 17.0 Å². The summed E-state index contributed by atoms with van der Waals surface area (Å²) < 4.78 is 5.24. The number of rotatable bonds is 1. The van der Waals surface area contributed by atoms with Crippen LogP contribution in [0.3, 0.4) is 0 Å². The number of aryl methyl sites for hydroxylation is 2. The fourth-order valence-electron chi connectivity index (χ4n) is 1.73. The molecule has 80 valence electrons. The molecule has 2 aromatic rings. The maximum Gasteiger partial charge on any atom is 0.209 e. The lowest BCUT2D eigenvalue weighted by Crippen LogP contribution is -1.97. The van der Waals surface area contributed by atoms with Crippen LogP contribution in [0.25, 0.3) is 11.0 Å². The molecule has 2 N–H and O–H groups in total. The van der Waals surface area contributed by atoms with Gasteiger partial charge in [-0.05, 0) is 25.3 Å². The van der Waals surface area contributed by atoms with Crippen molar-refractivity contribution in [1.82, 2.24) is 10.1 Å². The van der Waals surface area contributed by atoms with Crippen molar-refractivity contribution in [2.24, 2.45) is 0 Å². The van der Waals surface area contributed by atoms with Crippen molar-refractivity contribution in [3.63, 3.8) is 0 Å². The zero-order chi connectivity index (χ0) is 11.2. The fraction of sp³-hybridized carbons (Fsp3) is 0.455. The van der Waals surface area contributed by atoms with Gasteiger partial charge in [-0.1, -0.05) is 19.0 Å². The molecule has 0 bridgehead atoms. The standard InChI is InChI=1S/C11H15N3O/c1-5(2)9-8-6(3)7(4)13-11(12)10(8)15-14-9/h5H,1-4H3,(H2,12,13). The molecule has 0 aromatic carbocycles. The van der Waals surface area contributed by atoms with Gasteiger partial charge in [-0.25, -0.2) is 4.98 Å². The molecule has 4 heteroatoms. The first-order valence-corrected chi connectivity index (χ1v) is 5.04. The van der Waals surface area contributed by atoms with Crippen molar-refractivity contribution in [3.8, 4) is 0 Å². The summed E-state index contributed by atoms with van der Waals surface area (Å²) in [5.41, 5.74) is 9.40. The molecule has 15 heavy (non-hydrogen) atoms. The van der Waals surface area contributed by atoms with Gasteiger partial charge in [0.05, 0.1) is 11.1 Å². The highest BCUT2D eigenvalue weighted by atomic mass is 16.5. The predicted octanol–water partition coefficient (Wildman–Crippen LogP) is 2.55. The van der Waals surface area contributed by atoms with Gasteiger partial charge in [0, 0.05) is 5.69 Å². The van der Waals surface area contributed by atoms with Gasteiger partial charge in [-0.2, -0.15) is 0 Å². The zero-order valence-electron chi connectivity index (χ0n) is 9.46. The number of fused-ring (bicyclic) bond motifs is 1. The summed E-state index contributed by atoms with van der Waals surface area (Å²) in [5.74, 6) is 0.749. The number of pyridine rings is 1. The van der Waals surface area contributed by atoms with Crippen LogP contribution in [-0.4, -0.2) is 10.1 Å². The number of nitrogens with zero attached hydrogens (tertiary/aromatic N) is 2. The van der Waals surface area contributed by atoms with Crippen LogP contribution in [0, 0.1) is 13.8 Å². The second-order valence-corrected chi connectivity index (χ2v) is 4.13. The first-order chi connectivity index (χ1) is 7.02. The summed E-state index contributed by atoms with van der Waals surface area (Å²) in [6, 6.07) is 0. The van der Waals surface area contributed by atoms with E-state index in [-0.39, 0.29) is 0 Å². The van der Waals surface area contributed by atoms with E-state index in [9.17, 15) is 0 Å². The lowest BCUT2D eigenvalue weighted by molar-refractivity contribution is 0.442. The average molecular weight is 205 g/mol. The molecule has 0 spiro atoms. The van der Waals surface area contributed by atoms with Crippen molar-refractivity contribution in [2.75, 3.05) is 5.73 Å². The van der Waals surface area contributed by atoms with E-state index < -0.39 is 0 Å². The third-order valence-electron chi connectivity index (χ3n) is 2.70. The largest absolute Gasteiger partial charge is 0.380 e. The van der Waals surface area contributed by atoms with Crippen molar-refractivity contribution in [2.45, 2.75) is 33.6 Å². The van der Waals surface area contributed by atoms with E-state index in [0.717, 1.165) is 22.3 Å².